The number of benzene rings is 1. The Balaban J connectivity index is 3.15. The number of methoxy groups -OCH3 is 1. The molecule has 0 atom stereocenters. The molecule has 88 valence electrons. The largest absolute Gasteiger partial charge is 0.494 e. The highest BCUT2D eigenvalue weighted by atomic mass is 35.5. The molecule has 0 N–H and O–H groups in total. The number of ether oxygens (including phenoxy) is 1. The van der Waals surface area contributed by atoms with Gasteiger partial charge in [-0.1, -0.05) is 37.0 Å². The van der Waals surface area contributed by atoms with Crippen LogP contribution in [0.1, 0.15) is 30.6 Å². The number of hydrogen-bond donors (Lipinski definition) is 0. The maximum absolute atomic E-state index is 11.9. The van der Waals surface area contributed by atoms with Crippen molar-refractivity contribution in [3.63, 3.8) is 0 Å². The molecule has 1 aromatic carbocycles. The second-order valence-corrected chi connectivity index (χ2v) is 4.83. The SMILES string of the molecule is COc1c(Cl)cc(Cl)cc1C(=O)CC(C)C. The highest BCUT2D eigenvalue weighted by Gasteiger charge is 2.17. The van der Waals surface area contributed by atoms with E-state index in [4.69, 9.17) is 27.9 Å². The summed E-state index contributed by atoms with van der Waals surface area (Å²) in [7, 11) is 1.49. The number of hydrogen-bond acceptors (Lipinski definition) is 2. The van der Waals surface area contributed by atoms with Crippen LogP contribution >= 0.6 is 23.2 Å². The van der Waals surface area contributed by atoms with Crippen LogP contribution in [-0.2, 0) is 0 Å². The van der Waals surface area contributed by atoms with E-state index in [1.54, 1.807) is 12.1 Å². The Morgan fingerprint density at radius 3 is 2.50 bits per heavy atom. The van der Waals surface area contributed by atoms with Gasteiger partial charge in [0.05, 0.1) is 17.7 Å². The molecular weight excluding hydrogens is 247 g/mol. The summed E-state index contributed by atoms with van der Waals surface area (Å²) >= 11 is 11.8. The van der Waals surface area contributed by atoms with Gasteiger partial charge in [-0.25, -0.2) is 0 Å². The van der Waals surface area contributed by atoms with Gasteiger partial charge in [0.25, 0.3) is 0 Å². The normalized spacial score (nSPS) is 10.6. The summed E-state index contributed by atoms with van der Waals surface area (Å²) in [4.78, 5) is 11.9. The van der Waals surface area contributed by atoms with Crippen LogP contribution in [0.4, 0.5) is 0 Å². The molecule has 2 nitrogen and oxygen atoms in total. The van der Waals surface area contributed by atoms with E-state index >= 15 is 0 Å². The lowest BCUT2D eigenvalue weighted by atomic mass is 10.0. The number of halogens is 2. The zero-order valence-corrected chi connectivity index (χ0v) is 11.0. The first-order valence-electron chi connectivity index (χ1n) is 5.02. The van der Waals surface area contributed by atoms with Crippen molar-refractivity contribution in [1.29, 1.82) is 0 Å². The van der Waals surface area contributed by atoms with Crippen LogP contribution in [0.5, 0.6) is 5.75 Å². The first-order valence-corrected chi connectivity index (χ1v) is 5.77. The van der Waals surface area contributed by atoms with E-state index in [2.05, 4.69) is 0 Å². The summed E-state index contributed by atoms with van der Waals surface area (Å²) in [6, 6.07) is 3.16. The summed E-state index contributed by atoms with van der Waals surface area (Å²) in [5.41, 5.74) is 0.453. The van der Waals surface area contributed by atoms with Crippen LogP contribution in [0.2, 0.25) is 10.0 Å². The molecule has 0 aliphatic rings. The molecule has 0 unspecified atom stereocenters. The van der Waals surface area contributed by atoms with E-state index < -0.39 is 0 Å². The molecule has 0 amide bonds. The number of rotatable bonds is 4. The standard InChI is InChI=1S/C12H14Cl2O2/c1-7(2)4-11(15)9-5-8(13)6-10(14)12(9)16-3/h5-7H,4H2,1-3H3. The fourth-order valence-electron chi connectivity index (χ4n) is 1.46. The van der Waals surface area contributed by atoms with Gasteiger partial charge in [-0.2, -0.15) is 0 Å². The molecule has 0 radical (unpaired) electrons. The Kier molecular flexibility index (Phi) is 4.63. The quantitative estimate of drug-likeness (QED) is 0.758. The lowest BCUT2D eigenvalue weighted by Gasteiger charge is -2.11. The van der Waals surface area contributed by atoms with E-state index in [1.165, 1.54) is 7.11 Å². The Bertz CT molecular complexity index is 400. The maximum atomic E-state index is 11.9. The predicted molar refractivity (Wildman–Crippen MR) is 66.8 cm³/mol. The van der Waals surface area contributed by atoms with E-state index in [1.807, 2.05) is 13.8 Å². The smallest absolute Gasteiger partial charge is 0.166 e. The van der Waals surface area contributed by atoms with Crippen LogP contribution < -0.4 is 4.74 Å². The van der Waals surface area contributed by atoms with E-state index in [9.17, 15) is 4.79 Å². The number of carbonyl (C=O) groups is 1. The van der Waals surface area contributed by atoms with Crippen molar-refractivity contribution in [2.24, 2.45) is 5.92 Å². The summed E-state index contributed by atoms with van der Waals surface area (Å²) in [5, 5.41) is 0.806. The third-order valence-corrected chi connectivity index (χ3v) is 2.61. The number of carbonyl (C=O) groups excluding carboxylic acids is 1. The Morgan fingerprint density at radius 2 is 2.00 bits per heavy atom. The molecule has 0 aromatic heterocycles. The minimum Gasteiger partial charge on any atom is -0.494 e. The fourth-order valence-corrected chi connectivity index (χ4v) is 2.03. The third kappa shape index (κ3) is 3.13. The van der Waals surface area contributed by atoms with Crippen molar-refractivity contribution in [2.75, 3.05) is 7.11 Å². The molecule has 0 aliphatic heterocycles. The molecular formula is C12H14Cl2O2. The predicted octanol–water partition coefficient (Wildman–Crippen LogP) is 4.23. The van der Waals surface area contributed by atoms with Gasteiger partial charge in [0.2, 0.25) is 0 Å². The van der Waals surface area contributed by atoms with Gasteiger partial charge in [-0.05, 0) is 18.1 Å². The van der Waals surface area contributed by atoms with Crippen molar-refractivity contribution in [1.82, 2.24) is 0 Å². The van der Waals surface area contributed by atoms with E-state index in [0.717, 1.165) is 0 Å². The lowest BCUT2D eigenvalue weighted by Crippen LogP contribution is -2.06. The molecule has 0 heterocycles. The van der Waals surface area contributed by atoms with Crippen LogP contribution in [0, 0.1) is 5.92 Å². The Morgan fingerprint density at radius 1 is 1.38 bits per heavy atom. The Hall–Kier alpha value is -0.730. The summed E-state index contributed by atoms with van der Waals surface area (Å²) in [6.45, 7) is 3.97. The average Bonchev–Trinajstić information content (AvgIpc) is 2.15. The fraction of sp³-hybridized carbons (Fsp3) is 0.417. The minimum atomic E-state index is -0.00347. The molecule has 1 aromatic rings. The molecule has 0 saturated carbocycles. The van der Waals surface area contributed by atoms with Gasteiger partial charge < -0.3 is 4.74 Å². The molecule has 16 heavy (non-hydrogen) atoms. The summed E-state index contributed by atoms with van der Waals surface area (Å²) in [5.74, 6) is 0.683. The molecule has 0 bridgehead atoms. The van der Waals surface area contributed by atoms with Gasteiger partial charge in [-0.15, -0.1) is 0 Å². The van der Waals surface area contributed by atoms with Crippen molar-refractivity contribution < 1.29 is 9.53 Å². The van der Waals surface area contributed by atoms with Crippen molar-refractivity contribution in [2.45, 2.75) is 20.3 Å². The van der Waals surface area contributed by atoms with Gasteiger partial charge >= 0.3 is 0 Å². The first-order chi connectivity index (χ1) is 7.45. The summed E-state index contributed by atoms with van der Waals surface area (Å²) in [6.07, 6.45) is 0.451. The first kappa shape index (κ1) is 13.3. The second kappa shape index (κ2) is 5.55. The van der Waals surface area contributed by atoms with Crippen LogP contribution in [-0.4, -0.2) is 12.9 Å². The molecule has 0 aliphatic carbocycles. The molecule has 4 heteroatoms. The Labute approximate surface area is 106 Å². The highest BCUT2D eigenvalue weighted by Crippen LogP contribution is 2.33. The van der Waals surface area contributed by atoms with Crippen LogP contribution in [0.25, 0.3) is 0 Å². The minimum absolute atomic E-state index is 0.00347. The van der Waals surface area contributed by atoms with Gasteiger partial charge in [0.15, 0.2) is 5.78 Å². The van der Waals surface area contributed by atoms with Crippen LogP contribution in [0.3, 0.4) is 0 Å². The molecule has 1 rings (SSSR count). The third-order valence-electron chi connectivity index (χ3n) is 2.11. The zero-order chi connectivity index (χ0) is 12.3. The molecule has 0 fully saturated rings. The lowest BCUT2D eigenvalue weighted by molar-refractivity contribution is 0.0965. The number of Topliss-reactive ketones (excluding diaryl/α,β-unsaturated/α-hetero) is 1. The van der Waals surface area contributed by atoms with Crippen LogP contribution in [0.15, 0.2) is 12.1 Å². The highest BCUT2D eigenvalue weighted by molar-refractivity contribution is 6.36. The van der Waals surface area contributed by atoms with E-state index in [-0.39, 0.29) is 11.7 Å². The van der Waals surface area contributed by atoms with E-state index in [0.29, 0.717) is 27.8 Å². The van der Waals surface area contributed by atoms with Crippen molar-refractivity contribution >= 4 is 29.0 Å². The zero-order valence-electron chi connectivity index (χ0n) is 9.51. The number of ketones is 1. The van der Waals surface area contributed by atoms with Gasteiger partial charge in [0, 0.05) is 11.4 Å². The maximum Gasteiger partial charge on any atom is 0.166 e. The van der Waals surface area contributed by atoms with Crippen molar-refractivity contribution in [3.8, 4) is 5.75 Å². The van der Waals surface area contributed by atoms with Gasteiger partial charge in [-0.3, -0.25) is 4.79 Å². The second-order valence-electron chi connectivity index (χ2n) is 3.99. The van der Waals surface area contributed by atoms with Crippen molar-refractivity contribution in [3.05, 3.63) is 27.7 Å². The molecule has 0 saturated heterocycles. The van der Waals surface area contributed by atoms with Gasteiger partial charge in [0.1, 0.15) is 5.75 Å². The molecule has 0 spiro atoms. The topological polar surface area (TPSA) is 26.3 Å². The monoisotopic (exact) mass is 260 g/mol. The average molecular weight is 261 g/mol. The summed E-state index contributed by atoms with van der Waals surface area (Å²) < 4.78 is 5.12.